The third kappa shape index (κ3) is 5.13. The second kappa shape index (κ2) is 9.71. The number of likely N-dealkylation sites (tertiary alicyclic amines) is 1. The number of para-hydroxylation sites is 1. The van der Waals surface area contributed by atoms with Crippen molar-refractivity contribution >= 4 is 49.5 Å². The fourth-order valence-corrected chi connectivity index (χ4v) is 5.18. The topological polar surface area (TPSA) is 72.9 Å². The van der Waals surface area contributed by atoms with Crippen LogP contribution in [-0.4, -0.2) is 58.6 Å². The summed E-state index contributed by atoms with van der Waals surface area (Å²) in [5.41, 5.74) is 3.02. The highest BCUT2D eigenvalue weighted by molar-refractivity contribution is 9.13. The lowest BCUT2D eigenvalue weighted by Gasteiger charge is -2.40. The predicted octanol–water partition coefficient (Wildman–Crippen LogP) is 4.76. The number of nitrogens with zero attached hydrogens (tertiary/aromatic N) is 2. The quantitative estimate of drug-likeness (QED) is 0.563. The number of benzene rings is 2. The van der Waals surface area contributed by atoms with E-state index in [4.69, 9.17) is 0 Å². The highest BCUT2D eigenvalue weighted by Crippen LogP contribution is 2.27. The summed E-state index contributed by atoms with van der Waals surface area (Å²) in [5, 5.41) is 12.9. The molecule has 0 radical (unpaired) electrons. The molecule has 31 heavy (non-hydrogen) atoms. The summed E-state index contributed by atoms with van der Waals surface area (Å²) in [5.74, 6) is -0.805. The Morgan fingerprint density at radius 2 is 1.84 bits per heavy atom. The minimum Gasteiger partial charge on any atom is -0.480 e. The van der Waals surface area contributed by atoms with Crippen LogP contribution in [0.2, 0.25) is 0 Å². The zero-order valence-corrected chi connectivity index (χ0v) is 20.2. The van der Waals surface area contributed by atoms with Gasteiger partial charge >= 0.3 is 12.0 Å². The molecule has 0 aliphatic carbocycles. The molecule has 164 valence electrons. The van der Waals surface area contributed by atoms with Gasteiger partial charge in [-0.2, -0.15) is 0 Å². The fourth-order valence-electron chi connectivity index (χ4n) is 4.51. The van der Waals surface area contributed by atoms with Gasteiger partial charge in [0.15, 0.2) is 0 Å². The summed E-state index contributed by atoms with van der Waals surface area (Å²) in [4.78, 5) is 28.8. The average molecular weight is 551 g/mol. The van der Waals surface area contributed by atoms with Gasteiger partial charge in [0.05, 0.1) is 0 Å². The Morgan fingerprint density at radius 3 is 2.55 bits per heavy atom. The molecule has 4 rings (SSSR count). The van der Waals surface area contributed by atoms with Crippen LogP contribution >= 0.6 is 31.9 Å². The van der Waals surface area contributed by atoms with E-state index in [0.717, 1.165) is 45.0 Å². The molecule has 2 aliphatic rings. The van der Waals surface area contributed by atoms with Crippen LogP contribution < -0.4 is 5.32 Å². The Labute approximate surface area is 198 Å². The summed E-state index contributed by atoms with van der Waals surface area (Å²) in [6, 6.07) is 13.3. The Hall–Kier alpha value is -1.90. The second-order valence-electron chi connectivity index (χ2n) is 8.10. The van der Waals surface area contributed by atoms with E-state index in [-0.39, 0.29) is 12.1 Å². The van der Waals surface area contributed by atoms with Gasteiger partial charge in [0, 0.05) is 40.3 Å². The number of rotatable bonds is 5. The third-order valence-electron chi connectivity index (χ3n) is 6.22. The first-order valence-corrected chi connectivity index (χ1v) is 12.1. The predicted molar refractivity (Wildman–Crippen MR) is 127 cm³/mol. The van der Waals surface area contributed by atoms with Crippen LogP contribution in [0, 0.1) is 0 Å². The van der Waals surface area contributed by atoms with Crippen molar-refractivity contribution in [3.05, 3.63) is 62.5 Å². The van der Waals surface area contributed by atoms with Crippen molar-refractivity contribution in [3.8, 4) is 0 Å². The molecular formula is C23H25Br2N3O3. The molecule has 2 aromatic rings. The van der Waals surface area contributed by atoms with Gasteiger partial charge in [-0.05, 0) is 86.9 Å². The van der Waals surface area contributed by atoms with E-state index < -0.39 is 12.0 Å². The van der Waals surface area contributed by atoms with E-state index in [1.54, 1.807) is 0 Å². The van der Waals surface area contributed by atoms with Crippen LogP contribution in [0.15, 0.2) is 51.4 Å². The number of halogens is 2. The van der Waals surface area contributed by atoms with Gasteiger partial charge in [-0.3, -0.25) is 9.69 Å². The molecule has 0 spiro atoms. The fraction of sp³-hybridized carbons (Fsp3) is 0.391. The SMILES string of the molecule is O=C(O)C(Cc1ccc(Br)c(Br)c1)N1CCC(N2CCc3ccccc3NC2=O)CC1. The van der Waals surface area contributed by atoms with E-state index in [2.05, 4.69) is 43.2 Å². The van der Waals surface area contributed by atoms with Gasteiger partial charge in [0.2, 0.25) is 0 Å². The Kier molecular flexibility index (Phi) is 6.99. The number of carbonyl (C=O) groups excluding carboxylic acids is 1. The molecule has 1 fully saturated rings. The number of fused-ring (bicyclic) bond motifs is 1. The van der Waals surface area contributed by atoms with Gasteiger partial charge in [-0.25, -0.2) is 4.79 Å². The first kappa shape index (κ1) is 22.3. The van der Waals surface area contributed by atoms with Gasteiger partial charge in [-0.15, -0.1) is 0 Å². The van der Waals surface area contributed by atoms with E-state index in [1.807, 2.05) is 46.2 Å². The first-order chi connectivity index (χ1) is 14.9. The molecule has 0 saturated carbocycles. The summed E-state index contributed by atoms with van der Waals surface area (Å²) >= 11 is 6.95. The molecule has 1 atom stereocenters. The number of nitrogens with one attached hydrogen (secondary N) is 1. The number of anilines is 1. The van der Waals surface area contributed by atoms with Gasteiger partial charge in [-0.1, -0.05) is 24.3 Å². The van der Waals surface area contributed by atoms with Crippen LogP contribution in [-0.2, 0) is 17.6 Å². The van der Waals surface area contributed by atoms with Crippen molar-refractivity contribution in [1.82, 2.24) is 9.80 Å². The Morgan fingerprint density at radius 1 is 1.10 bits per heavy atom. The van der Waals surface area contributed by atoms with Gasteiger partial charge in [0.1, 0.15) is 6.04 Å². The number of carbonyl (C=O) groups is 2. The monoisotopic (exact) mass is 549 g/mol. The molecule has 8 heteroatoms. The van der Waals surface area contributed by atoms with E-state index in [1.165, 1.54) is 0 Å². The number of urea groups is 1. The third-order valence-corrected chi connectivity index (χ3v) is 8.10. The van der Waals surface area contributed by atoms with Crippen molar-refractivity contribution in [2.24, 2.45) is 0 Å². The van der Waals surface area contributed by atoms with Crippen LogP contribution in [0.1, 0.15) is 24.0 Å². The number of carboxylic acid groups (broad SMARTS) is 1. The van der Waals surface area contributed by atoms with Gasteiger partial charge < -0.3 is 15.3 Å². The lowest BCUT2D eigenvalue weighted by molar-refractivity contribution is -0.144. The first-order valence-electron chi connectivity index (χ1n) is 10.5. The van der Waals surface area contributed by atoms with Crippen LogP contribution in [0.3, 0.4) is 0 Å². The molecule has 2 aromatic carbocycles. The number of aliphatic carboxylic acids is 1. The minimum atomic E-state index is -0.805. The summed E-state index contributed by atoms with van der Waals surface area (Å²) < 4.78 is 1.86. The van der Waals surface area contributed by atoms with Crippen molar-refractivity contribution in [1.29, 1.82) is 0 Å². The number of hydrogen-bond donors (Lipinski definition) is 2. The molecule has 0 aromatic heterocycles. The average Bonchev–Trinajstić information content (AvgIpc) is 2.92. The molecule has 2 heterocycles. The number of hydrogen-bond acceptors (Lipinski definition) is 3. The summed E-state index contributed by atoms with van der Waals surface area (Å²) in [6.45, 7) is 2.01. The zero-order valence-electron chi connectivity index (χ0n) is 17.1. The number of amides is 2. The van der Waals surface area contributed by atoms with E-state index >= 15 is 0 Å². The Balaban J connectivity index is 1.39. The molecule has 1 saturated heterocycles. The van der Waals surface area contributed by atoms with E-state index in [9.17, 15) is 14.7 Å². The molecular weight excluding hydrogens is 526 g/mol. The maximum Gasteiger partial charge on any atom is 0.322 e. The Bertz CT molecular complexity index is 976. The molecule has 0 bridgehead atoms. The maximum absolute atomic E-state index is 12.8. The van der Waals surface area contributed by atoms with Gasteiger partial charge in [0.25, 0.3) is 0 Å². The lowest BCUT2D eigenvalue weighted by Crippen LogP contribution is -2.53. The highest BCUT2D eigenvalue weighted by atomic mass is 79.9. The molecule has 1 unspecified atom stereocenters. The standard InChI is InChI=1S/C23H25Br2N3O3/c24-18-6-5-15(13-19(18)25)14-21(22(29)30)27-10-8-17(9-11-27)28-12-7-16-3-1-2-4-20(16)26-23(28)31/h1-6,13,17,21H,7-12,14H2,(H,26,31)(H,29,30). The lowest BCUT2D eigenvalue weighted by atomic mass is 9.98. The zero-order chi connectivity index (χ0) is 22.0. The molecule has 2 amide bonds. The highest BCUT2D eigenvalue weighted by Gasteiger charge is 2.34. The number of piperidine rings is 1. The largest absolute Gasteiger partial charge is 0.480 e. The summed E-state index contributed by atoms with van der Waals surface area (Å²) in [6.07, 6.45) is 2.83. The maximum atomic E-state index is 12.8. The summed E-state index contributed by atoms with van der Waals surface area (Å²) in [7, 11) is 0. The van der Waals surface area contributed by atoms with E-state index in [0.29, 0.717) is 26.1 Å². The van der Waals surface area contributed by atoms with Crippen LogP contribution in [0.25, 0.3) is 0 Å². The minimum absolute atomic E-state index is 0.0575. The smallest absolute Gasteiger partial charge is 0.322 e. The number of carboxylic acids is 1. The molecule has 2 N–H and O–H groups in total. The molecule has 2 aliphatic heterocycles. The van der Waals surface area contributed by atoms with Crippen molar-refractivity contribution in [2.75, 3.05) is 25.0 Å². The normalized spacial score (nSPS) is 18.8. The second-order valence-corrected chi connectivity index (χ2v) is 9.81. The van der Waals surface area contributed by atoms with Crippen molar-refractivity contribution in [3.63, 3.8) is 0 Å². The van der Waals surface area contributed by atoms with Crippen LogP contribution in [0.4, 0.5) is 10.5 Å². The van der Waals surface area contributed by atoms with Crippen molar-refractivity contribution < 1.29 is 14.7 Å². The molecule has 6 nitrogen and oxygen atoms in total. The van der Waals surface area contributed by atoms with Crippen LogP contribution in [0.5, 0.6) is 0 Å². The van der Waals surface area contributed by atoms with Crippen molar-refractivity contribution in [2.45, 2.75) is 37.8 Å².